The molecule has 0 amide bonds. The Labute approximate surface area is 151 Å². The van der Waals surface area contributed by atoms with Crippen molar-refractivity contribution in [2.75, 3.05) is 13.2 Å². The monoisotopic (exact) mass is 419 g/mol. The second-order valence-corrected chi connectivity index (χ2v) is 5.32. The Morgan fingerprint density at radius 2 is 1.95 bits per heavy atom. The number of unbranched alkanes of at least 4 members (excludes halogenated alkanes) is 1. The SMILES string of the molecule is CCCCOc1ccc(CCN=C(N)NC(C)CC)cc1.I. The minimum Gasteiger partial charge on any atom is -0.494 e. The van der Waals surface area contributed by atoms with Gasteiger partial charge in [-0.15, -0.1) is 24.0 Å². The van der Waals surface area contributed by atoms with Crippen molar-refractivity contribution >= 4 is 29.9 Å². The maximum Gasteiger partial charge on any atom is 0.188 e. The standard InChI is InChI=1S/C17H29N3O.HI/c1-4-6-13-21-16-9-7-15(8-10-16)11-12-19-17(18)20-14(3)5-2;/h7-10,14H,4-6,11-13H2,1-3H3,(H3,18,19,20);1H. The fraction of sp³-hybridized carbons (Fsp3) is 0.588. The summed E-state index contributed by atoms with van der Waals surface area (Å²) >= 11 is 0. The summed E-state index contributed by atoms with van der Waals surface area (Å²) in [7, 11) is 0. The number of nitrogens with two attached hydrogens (primary N) is 1. The van der Waals surface area contributed by atoms with Gasteiger partial charge in [-0.2, -0.15) is 0 Å². The van der Waals surface area contributed by atoms with Crippen molar-refractivity contribution in [2.24, 2.45) is 10.7 Å². The van der Waals surface area contributed by atoms with Crippen LogP contribution < -0.4 is 15.8 Å². The number of benzene rings is 1. The number of hydrogen-bond acceptors (Lipinski definition) is 2. The first-order valence-corrected chi connectivity index (χ1v) is 7.93. The molecule has 5 heteroatoms. The minimum absolute atomic E-state index is 0. The molecule has 0 bridgehead atoms. The summed E-state index contributed by atoms with van der Waals surface area (Å²) < 4.78 is 5.64. The third kappa shape index (κ3) is 9.12. The van der Waals surface area contributed by atoms with Gasteiger partial charge in [0.05, 0.1) is 6.61 Å². The van der Waals surface area contributed by atoms with Gasteiger partial charge in [-0.05, 0) is 43.9 Å². The fourth-order valence-corrected chi connectivity index (χ4v) is 1.79. The molecule has 3 N–H and O–H groups in total. The summed E-state index contributed by atoms with van der Waals surface area (Å²) in [5, 5.41) is 3.16. The number of nitrogens with zero attached hydrogens (tertiary/aromatic N) is 1. The minimum atomic E-state index is 0. The van der Waals surface area contributed by atoms with E-state index in [1.54, 1.807) is 0 Å². The van der Waals surface area contributed by atoms with Gasteiger partial charge in [0.2, 0.25) is 0 Å². The zero-order valence-corrected chi connectivity index (χ0v) is 16.3. The molecule has 22 heavy (non-hydrogen) atoms. The third-order valence-electron chi connectivity index (χ3n) is 3.38. The third-order valence-corrected chi connectivity index (χ3v) is 3.38. The van der Waals surface area contributed by atoms with Crippen LogP contribution in [0.25, 0.3) is 0 Å². The molecule has 0 aliphatic rings. The Balaban J connectivity index is 0.00000441. The molecule has 0 aliphatic carbocycles. The van der Waals surface area contributed by atoms with Crippen LogP contribution in [0.15, 0.2) is 29.3 Å². The van der Waals surface area contributed by atoms with Gasteiger partial charge in [0.25, 0.3) is 0 Å². The molecule has 1 aromatic carbocycles. The van der Waals surface area contributed by atoms with E-state index >= 15 is 0 Å². The average molecular weight is 419 g/mol. The maximum absolute atomic E-state index is 5.83. The van der Waals surface area contributed by atoms with E-state index in [0.717, 1.165) is 38.0 Å². The van der Waals surface area contributed by atoms with E-state index in [1.807, 2.05) is 12.1 Å². The molecular weight excluding hydrogens is 389 g/mol. The molecule has 0 saturated carbocycles. The lowest BCUT2D eigenvalue weighted by molar-refractivity contribution is 0.309. The molecule has 4 nitrogen and oxygen atoms in total. The average Bonchev–Trinajstić information content (AvgIpc) is 2.49. The van der Waals surface area contributed by atoms with Crippen LogP contribution >= 0.6 is 24.0 Å². The molecule has 0 saturated heterocycles. The second kappa shape index (κ2) is 12.6. The highest BCUT2D eigenvalue weighted by molar-refractivity contribution is 14.0. The van der Waals surface area contributed by atoms with E-state index in [4.69, 9.17) is 10.5 Å². The van der Waals surface area contributed by atoms with Crippen molar-refractivity contribution < 1.29 is 4.74 Å². The predicted octanol–water partition coefficient (Wildman–Crippen LogP) is 3.73. The smallest absolute Gasteiger partial charge is 0.188 e. The van der Waals surface area contributed by atoms with Crippen molar-refractivity contribution in [2.45, 2.75) is 52.5 Å². The number of guanidine groups is 1. The van der Waals surface area contributed by atoms with Crippen molar-refractivity contribution in [3.05, 3.63) is 29.8 Å². The maximum atomic E-state index is 5.83. The van der Waals surface area contributed by atoms with E-state index in [9.17, 15) is 0 Å². The Bertz CT molecular complexity index is 420. The molecule has 1 unspecified atom stereocenters. The van der Waals surface area contributed by atoms with Gasteiger partial charge in [0.1, 0.15) is 5.75 Å². The Morgan fingerprint density at radius 3 is 2.55 bits per heavy atom. The summed E-state index contributed by atoms with van der Waals surface area (Å²) in [6.45, 7) is 7.87. The van der Waals surface area contributed by atoms with E-state index in [1.165, 1.54) is 5.56 Å². The first kappa shape index (κ1) is 21.0. The van der Waals surface area contributed by atoms with Crippen LogP contribution in [0.2, 0.25) is 0 Å². The predicted molar refractivity (Wildman–Crippen MR) is 105 cm³/mol. The molecular formula is C17H30IN3O. The Morgan fingerprint density at radius 1 is 1.27 bits per heavy atom. The molecule has 0 spiro atoms. The van der Waals surface area contributed by atoms with Crippen molar-refractivity contribution in [3.63, 3.8) is 0 Å². The highest BCUT2D eigenvalue weighted by Gasteiger charge is 1.99. The first-order valence-electron chi connectivity index (χ1n) is 7.93. The van der Waals surface area contributed by atoms with E-state index in [2.05, 4.69) is 43.2 Å². The summed E-state index contributed by atoms with van der Waals surface area (Å²) in [4.78, 5) is 4.34. The highest BCUT2D eigenvalue weighted by Crippen LogP contribution is 2.13. The lowest BCUT2D eigenvalue weighted by Gasteiger charge is -2.11. The first-order chi connectivity index (χ1) is 10.2. The van der Waals surface area contributed by atoms with Gasteiger partial charge in [-0.3, -0.25) is 4.99 Å². The fourth-order valence-electron chi connectivity index (χ4n) is 1.79. The molecule has 1 aromatic rings. The van der Waals surface area contributed by atoms with Gasteiger partial charge in [-0.25, -0.2) is 0 Å². The van der Waals surface area contributed by atoms with Gasteiger partial charge in [0, 0.05) is 12.6 Å². The van der Waals surface area contributed by atoms with Crippen LogP contribution in [0, 0.1) is 0 Å². The van der Waals surface area contributed by atoms with E-state index in [0.29, 0.717) is 18.5 Å². The van der Waals surface area contributed by atoms with Crippen LogP contribution in [0.1, 0.15) is 45.6 Å². The summed E-state index contributed by atoms with van der Waals surface area (Å²) in [6, 6.07) is 8.60. The molecule has 1 rings (SSSR count). The lowest BCUT2D eigenvalue weighted by Crippen LogP contribution is -2.38. The lowest BCUT2D eigenvalue weighted by atomic mass is 10.1. The topological polar surface area (TPSA) is 59.6 Å². The second-order valence-electron chi connectivity index (χ2n) is 5.32. The summed E-state index contributed by atoms with van der Waals surface area (Å²) in [5.41, 5.74) is 7.07. The number of nitrogens with one attached hydrogen (secondary N) is 1. The summed E-state index contributed by atoms with van der Waals surface area (Å²) in [5.74, 6) is 1.47. The Hall–Kier alpha value is -0.980. The molecule has 0 radical (unpaired) electrons. The molecule has 1 atom stereocenters. The van der Waals surface area contributed by atoms with Crippen LogP contribution in [-0.4, -0.2) is 25.2 Å². The van der Waals surface area contributed by atoms with Crippen molar-refractivity contribution in [3.8, 4) is 5.75 Å². The van der Waals surface area contributed by atoms with E-state index < -0.39 is 0 Å². The molecule has 0 aromatic heterocycles. The summed E-state index contributed by atoms with van der Waals surface area (Å²) in [6.07, 6.45) is 4.18. The number of halogens is 1. The van der Waals surface area contributed by atoms with Crippen LogP contribution in [0.3, 0.4) is 0 Å². The molecule has 0 fully saturated rings. The van der Waals surface area contributed by atoms with Gasteiger partial charge >= 0.3 is 0 Å². The van der Waals surface area contributed by atoms with Crippen LogP contribution in [0.4, 0.5) is 0 Å². The quantitative estimate of drug-likeness (QED) is 0.278. The molecule has 0 aliphatic heterocycles. The Kier molecular flexibility index (Phi) is 12.0. The number of hydrogen-bond donors (Lipinski definition) is 2. The number of rotatable bonds is 9. The zero-order chi connectivity index (χ0) is 15.5. The van der Waals surface area contributed by atoms with Crippen molar-refractivity contribution in [1.29, 1.82) is 0 Å². The normalized spacial score (nSPS) is 12.4. The van der Waals surface area contributed by atoms with Crippen molar-refractivity contribution in [1.82, 2.24) is 5.32 Å². The van der Waals surface area contributed by atoms with Gasteiger partial charge in [0.15, 0.2) is 5.96 Å². The largest absolute Gasteiger partial charge is 0.494 e. The zero-order valence-electron chi connectivity index (χ0n) is 14.0. The van der Waals surface area contributed by atoms with Crippen LogP contribution in [0.5, 0.6) is 5.75 Å². The molecule has 126 valence electrons. The highest BCUT2D eigenvalue weighted by atomic mass is 127. The number of ether oxygens (including phenoxy) is 1. The van der Waals surface area contributed by atoms with Gasteiger partial charge in [-0.1, -0.05) is 32.4 Å². The number of aliphatic imine (C=N–C) groups is 1. The molecule has 0 heterocycles. The van der Waals surface area contributed by atoms with E-state index in [-0.39, 0.29) is 24.0 Å². The van der Waals surface area contributed by atoms with Crippen LogP contribution in [-0.2, 0) is 6.42 Å². The van der Waals surface area contributed by atoms with Gasteiger partial charge < -0.3 is 15.8 Å².